The number of aromatic nitrogens is 1. The van der Waals surface area contributed by atoms with Crippen LogP contribution in [0.5, 0.6) is 0 Å². The maximum absolute atomic E-state index is 12.7. The zero-order valence-corrected chi connectivity index (χ0v) is 17.2. The van der Waals surface area contributed by atoms with Crippen LogP contribution in [-0.4, -0.2) is 30.0 Å². The number of thiophene rings is 1. The van der Waals surface area contributed by atoms with E-state index in [2.05, 4.69) is 27.0 Å². The molecule has 0 bridgehead atoms. The predicted octanol–water partition coefficient (Wildman–Crippen LogP) is 4.12. The van der Waals surface area contributed by atoms with Gasteiger partial charge in [-0.2, -0.15) is 0 Å². The van der Waals surface area contributed by atoms with Crippen LogP contribution in [0.1, 0.15) is 28.9 Å². The Kier molecular flexibility index (Phi) is 5.78. The van der Waals surface area contributed by atoms with E-state index in [9.17, 15) is 4.79 Å². The van der Waals surface area contributed by atoms with Crippen LogP contribution in [0.3, 0.4) is 0 Å². The Hall–Kier alpha value is -2.90. The van der Waals surface area contributed by atoms with Crippen molar-refractivity contribution in [1.29, 1.82) is 0 Å². The third-order valence-electron chi connectivity index (χ3n) is 5.15. The number of nitrogen functional groups attached to an aromatic ring is 1. The summed E-state index contributed by atoms with van der Waals surface area (Å²) in [5.41, 5.74) is 10.7. The fourth-order valence-electron chi connectivity index (χ4n) is 3.49. The van der Waals surface area contributed by atoms with Gasteiger partial charge in [-0.3, -0.25) is 4.79 Å². The summed E-state index contributed by atoms with van der Waals surface area (Å²) in [7, 11) is 0. The molecule has 1 aliphatic rings. The van der Waals surface area contributed by atoms with Crippen LogP contribution in [0.15, 0.2) is 48.0 Å². The van der Waals surface area contributed by atoms with Crippen LogP contribution in [0.2, 0.25) is 0 Å². The molecule has 0 unspecified atom stereocenters. The van der Waals surface area contributed by atoms with Crippen molar-refractivity contribution in [3.63, 3.8) is 0 Å². The van der Waals surface area contributed by atoms with Crippen molar-refractivity contribution in [3.05, 3.63) is 59.2 Å². The smallest absolute Gasteiger partial charge is 0.274 e. The van der Waals surface area contributed by atoms with Crippen LogP contribution >= 0.6 is 11.3 Å². The highest BCUT2D eigenvalue weighted by Crippen LogP contribution is 2.33. The molecule has 1 aliphatic heterocycles. The number of piperidine rings is 1. The summed E-state index contributed by atoms with van der Waals surface area (Å²) in [4.78, 5) is 18.2. The third-order valence-corrected chi connectivity index (χ3v) is 6.07. The number of carbonyl (C=O) groups is 1. The number of nitrogens with zero attached hydrogens (tertiary/aromatic N) is 1. The molecular formula is C22H25N5OS. The lowest BCUT2D eigenvalue weighted by Crippen LogP contribution is -2.35. The Morgan fingerprint density at radius 2 is 2.07 bits per heavy atom. The monoisotopic (exact) mass is 407 g/mol. The molecule has 0 saturated carbocycles. The number of nitrogens with two attached hydrogens (primary N) is 1. The number of nitrogens with one attached hydrogen (secondary N) is 3. The van der Waals surface area contributed by atoms with Gasteiger partial charge in [0.1, 0.15) is 5.69 Å². The molecular weight excluding hydrogens is 382 g/mol. The van der Waals surface area contributed by atoms with E-state index >= 15 is 0 Å². The minimum atomic E-state index is -0.271. The standard InChI is InChI=1S/C22H25N5OS/c1-14-11-15(20-3-2-10-29-20)12-19(21(14)23)27-22(28)18-5-4-17(13-25-18)26-16-6-8-24-9-7-16/h2-5,10-13,16,24,26H,6-9,23H2,1H3,(H,27,28). The zero-order chi connectivity index (χ0) is 20.2. The second kappa shape index (κ2) is 8.63. The van der Waals surface area contributed by atoms with Gasteiger partial charge in [0.05, 0.1) is 23.3 Å². The summed E-state index contributed by atoms with van der Waals surface area (Å²) < 4.78 is 0. The summed E-state index contributed by atoms with van der Waals surface area (Å²) >= 11 is 1.65. The maximum Gasteiger partial charge on any atom is 0.274 e. The molecule has 3 heterocycles. The molecule has 0 spiro atoms. The average molecular weight is 408 g/mol. The first kappa shape index (κ1) is 19.4. The van der Waals surface area contributed by atoms with Crippen molar-refractivity contribution in [2.45, 2.75) is 25.8 Å². The predicted molar refractivity (Wildman–Crippen MR) is 121 cm³/mol. The minimum Gasteiger partial charge on any atom is -0.397 e. The van der Waals surface area contributed by atoms with Crippen LogP contribution in [-0.2, 0) is 0 Å². The summed E-state index contributed by atoms with van der Waals surface area (Å²) in [5, 5.41) is 11.8. The second-order valence-corrected chi connectivity index (χ2v) is 8.23. The normalized spacial score (nSPS) is 14.5. The molecule has 0 radical (unpaired) electrons. The van der Waals surface area contributed by atoms with Gasteiger partial charge in [0.15, 0.2) is 0 Å². The van der Waals surface area contributed by atoms with E-state index in [1.165, 1.54) is 0 Å². The van der Waals surface area contributed by atoms with Crippen LogP contribution in [0.25, 0.3) is 10.4 Å². The van der Waals surface area contributed by atoms with Gasteiger partial charge in [-0.15, -0.1) is 11.3 Å². The molecule has 1 amide bonds. The molecule has 150 valence electrons. The number of rotatable bonds is 5. The number of anilines is 3. The molecule has 0 atom stereocenters. The summed E-state index contributed by atoms with van der Waals surface area (Å²) in [6.45, 7) is 4.00. The fourth-order valence-corrected chi connectivity index (χ4v) is 4.20. The number of aryl methyl sites for hydroxylation is 1. The van der Waals surface area contributed by atoms with Crippen LogP contribution in [0, 0.1) is 6.92 Å². The molecule has 6 nitrogen and oxygen atoms in total. The first-order valence-electron chi connectivity index (χ1n) is 9.79. The third kappa shape index (κ3) is 4.58. The van der Waals surface area contributed by atoms with Crippen molar-refractivity contribution < 1.29 is 4.79 Å². The highest BCUT2D eigenvalue weighted by Gasteiger charge is 2.15. The van der Waals surface area contributed by atoms with Gasteiger partial charge in [-0.25, -0.2) is 4.98 Å². The number of carbonyl (C=O) groups excluding carboxylic acids is 1. The van der Waals surface area contributed by atoms with Gasteiger partial charge >= 0.3 is 0 Å². The summed E-state index contributed by atoms with van der Waals surface area (Å²) in [5.74, 6) is -0.271. The lowest BCUT2D eigenvalue weighted by Gasteiger charge is -2.24. The lowest BCUT2D eigenvalue weighted by atomic mass is 10.1. The first-order chi connectivity index (χ1) is 14.1. The van der Waals surface area contributed by atoms with E-state index in [1.54, 1.807) is 23.6 Å². The first-order valence-corrected chi connectivity index (χ1v) is 10.7. The number of pyridine rings is 1. The number of benzene rings is 1. The van der Waals surface area contributed by atoms with Crippen molar-refractivity contribution in [2.75, 3.05) is 29.5 Å². The molecule has 2 aromatic heterocycles. The van der Waals surface area contributed by atoms with Gasteiger partial charge < -0.3 is 21.7 Å². The van der Waals surface area contributed by atoms with E-state index in [0.717, 1.165) is 47.6 Å². The van der Waals surface area contributed by atoms with Gasteiger partial charge in [0.2, 0.25) is 0 Å². The summed E-state index contributed by atoms with van der Waals surface area (Å²) in [6.07, 6.45) is 3.89. The molecule has 5 N–H and O–H groups in total. The van der Waals surface area contributed by atoms with Gasteiger partial charge in [0.25, 0.3) is 5.91 Å². The Morgan fingerprint density at radius 1 is 1.24 bits per heavy atom. The van der Waals surface area contributed by atoms with Crippen molar-refractivity contribution >= 4 is 34.3 Å². The van der Waals surface area contributed by atoms with Crippen LogP contribution in [0.4, 0.5) is 17.1 Å². The van der Waals surface area contributed by atoms with E-state index in [1.807, 2.05) is 36.6 Å². The lowest BCUT2D eigenvalue weighted by molar-refractivity contribution is 0.102. The topological polar surface area (TPSA) is 92.1 Å². The number of amides is 1. The molecule has 3 aromatic rings. The molecule has 1 saturated heterocycles. The van der Waals surface area contributed by atoms with Gasteiger partial charge in [-0.05, 0) is 79.7 Å². The molecule has 7 heteroatoms. The summed E-state index contributed by atoms with van der Waals surface area (Å²) in [6, 6.07) is 12.1. The highest BCUT2D eigenvalue weighted by atomic mass is 32.1. The molecule has 0 aliphatic carbocycles. The van der Waals surface area contributed by atoms with E-state index in [0.29, 0.717) is 23.1 Å². The van der Waals surface area contributed by atoms with Crippen LogP contribution < -0.4 is 21.7 Å². The Labute approximate surface area is 174 Å². The fraction of sp³-hybridized carbons (Fsp3) is 0.273. The molecule has 1 fully saturated rings. The zero-order valence-electron chi connectivity index (χ0n) is 16.4. The molecule has 29 heavy (non-hydrogen) atoms. The largest absolute Gasteiger partial charge is 0.397 e. The molecule has 1 aromatic carbocycles. The van der Waals surface area contributed by atoms with Crippen molar-refractivity contribution in [3.8, 4) is 10.4 Å². The van der Waals surface area contributed by atoms with Gasteiger partial charge in [0, 0.05) is 10.9 Å². The van der Waals surface area contributed by atoms with E-state index in [4.69, 9.17) is 5.73 Å². The number of hydrogen-bond donors (Lipinski definition) is 4. The van der Waals surface area contributed by atoms with E-state index < -0.39 is 0 Å². The van der Waals surface area contributed by atoms with E-state index in [-0.39, 0.29) is 5.91 Å². The maximum atomic E-state index is 12.7. The van der Waals surface area contributed by atoms with Crippen molar-refractivity contribution in [2.24, 2.45) is 0 Å². The Balaban J connectivity index is 1.47. The quantitative estimate of drug-likeness (QED) is 0.478. The highest BCUT2D eigenvalue weighted by molar-refractivity contribution is 7.13. The minimum absolute atomic E-state index is 0.271. The van der Waals surface area contributed by atoms with Crippen molar-refractivity contribution in [1.82, 2.24) is 10.3 Å². The number of hydrogen-bond acceptors (Lipinski definition) is 6. The Bertz CT molecular complexity index is 979. The molecule has 4 rings (SSSR count). The second-order valence-electron chi connectivity index (χ2n) is 7.29. The Morgan fingerprint density at radius 3 is 2.76 bits per heavy atom. The SMILES string of the molecule is Cc1cc(-c2cccs2)cc(NC(=O)c2ccc(NC3CCNCC3)cn2)c1N. The van der Waals surface area contributed by atoms with Gasteiger partial charge in [-0.1, -0.05) is 6.07 Å². The average Bonchev–Trinajstić information content (AvgIpc) is 3.27.